The highest BCUT2D eigenvalue weighted by Crippen LogP contribution is 2.04. The van der Waals surface area contributed by atoms with Gasteiger partial charge in [0.15, 0.2) is 0 Å². The molecule has 0 radical (unpaired) electrons. The fourth-order valence-electron chi connectivity index (χ4n) is 0.588. The van der Waals surface area contributed by atoms with E-state index in [0.29, 0.717) is 11.1 Å². The van der Waals surface area contributed by atoms with Crippen LogP contribution in [0.2, 0.25) is 0 Å². The van der Waals surface area contributed by atoms with Crippen LogP contribution < -0.4 is 4.74 Å². The molecule has 0 unspecified atom stereocenters. The van der Waals surface area contributed by atoms with Crippen molar-refractivity contribution in [1.29, 1.82) is 0 Å². The second kappa shape index (κ2) is 4.01. The van der Waals surface area contributed by atoms with Crippen LogP contribution in [0.3, 0.4) is 0 Å². The quantitative estimate of drug-likeness (QED) is 0.611. The minimum absolute atomic E-state index is 0.411. The van der Waals surface area contributed by atoms with E-state index in [1.807, 2.05) is 26.2 Å². The number of aromatic nitrogens is 1. The first-order chi connectivity index (χ1) is 5.70. The van der Waals surface area contributed by atoms with E-state index in [2.05, 4.69) is 4.98 Å². The Kier molecular flexibility index (Phi) is 2.99. The summed E-state index contributed by atoms with van der Waals surface area (Å²) in [5.41, 5.74) is 0. The zero-order chi connectivity index (χ0) is 8.97. The molecule has 0 aromatic carbocycles. The predicted molar refractivity (Wildman–Crippen MR) is 51.2 cm³/mol. The molecule has 0 bridgehead atoms. The second-order valence-electron chi connectivity index (χ2n) is 2.43. The van der Waals surface area contributed by atoms with Gasteiger partial charge in [0.2, 0.25) is 5.88 Å². The molecule has 0 N–H and O–H groups in total. The van der Waals surface area contributed by atoms with Crippen molar-refractivity contribution in [3.05, 3.63) is 24.4 Å². The number of ether oxygens (including phenoxy) is 1. The first kappa shape index (κ1) is 8.93. The molecule has 64 valence electrons. The molecule has 0 aliphatic heterocycles. The number of hydrogen-bond donors (Lipinski definition) is 0. The molecule has 0 saturated carbocycles. The van der Waals surface area contributed by atoms with E-state index in [1.54, 1.807) is 17.2 Å². The van der Waals surface area contributed by atoms with Gasteiger partial charge in [-0.15, -0.1) is 0 Å². The summed E-state index contributed by atoms with van der Waals surface area (Å²) in [7, 11) is 3.65. The van der Waals surface area contributed by atoms with Gasteiger partial charge >= 0.3 is 0 Å². The van der Waals surface area contributed by atoms with Gasteiger partial charge in [0.25, 0.3) is 5.17 Å². The van der Waals surface area contributed by atoms with E-state index in [-0.39, 0.29) is 0 Å². The van der Waals surface area contributed by atoms with Crippen LogP contribution in [0.4, 0.5) is 0 Å². The molecule has 3 nitrogen and oxygen atoms in total. The summed E-state index contributed by atoms with van der Waals surface area (Å²) >= 11 is 4.92. The maximum absolute atomic E-state index is 5.22. The topological polar surface area (TPSA) is 25.4 Å². The van der Waals surface area contributed by atoms with Crippen molar-refractivity contribution in [2.45, 2.75) is 0 Å². The summed E-state index contributed by atoms with van der Waals surface area (Å²) < 4.78 is 5.22. The molecule has 12 heavy (non-hydrogen) atoms. The standard InChI is InChI=1S/C8H10N2OS/c1-10(2)8(12)11-7-5-3-4-6-9-7/h3-6H,1-2H3. The Balaban J connectivity index is 2.59. The van der Waals surface area contributed by atoms with Crippen LogP contribution in [0, 0.1) is 0 Å². The van der Waals surface area contributed by atoms with Crippen molar-refractivity contribution >= 4 is 17.4 Å². The summed E-state index contributed by atoms with van der Waals surface area (Å²) in [6.07, 6.45) is 1.66. The van der Waals surface area contributed by atoms with Crippen molar-refractivity contribution in [2.24, 2.45) is 0 Å². The Morgan fingerprint density at radius 1 is 1.50 bits per heavy atom. The van der Waals surface area contributed by atoms with Crippen molar-refractivity contribution in [1.82, 2.24) is 9.88 Å². The van der Waals surface area contributed by atoms with Crippen LogP contribution in [0.5, 0.6) is 5.88 Å². The Labute approximate surface area is 77.0 Å². The highest BCUT2D eigenvalue weighted by atomic mass is 32.1. The lowest BCUT2D eigenvalue weighted by Gasteiger charge is -2.12. The molecule has 0 fully saturated rings. The minimum Gasteiger partial charge on any atom is -0.413 e. The van der Waals surface area contributed by atoms with Crippen LogP contribution in [0.1, 0.15) is 0 Å². The minimum atomic E-state index is 0.411. The molecule has 0 atom stereocenters. The van der Waals surface area contributed by atoms with Crippen molar-refractivity contribution < 1.29 is 4.74 Å². The predicted octanol–water partition coefficient (Wildman–Crippen LogP) is 1.31. The average molecular weight is 182 g/mol. The normalized spacial score (nSPS) is 9.17. The highest BCUT2D eigenvalue weighted by molar-refractivity contribution is 7.80. The fourth-order valence-corrected chi connectivity index (χ4v) is 0.674. The number of hydrogen-bond acceptors (Lipinski definition) is 3. The van der Waals surface area contributed by atoms with E-state index in [4.69, 9.17) is 17.0 Å². The van der Waals surface area contributed by atoms with Gasteiger partial charge in [-0.3, -0.25) is 0 Å². The van der Waals surface area contributed by atoms with Gasteiger partial charge in [-0.25, -0.2) is 4.98 Å². The molecule has 1 heterocycles. The fraction of sp³-hybridized carbons (Fsp3) is 0.250. The smallest absolute Gasteiger partial charge is 0.265 e. The maximum Gasteiger partial charge on any atom is 0.265 e. The van der Waals surface area contributed by atoms with E-state index in [0.717, 1.165) is 0 Å². The third-order valence-corrected chi connectivity index (χ3v) is 1.64. The Morgan fingerprint density at radius 3 is 2.75 bits per heavy atom. The van der Waals surface area contributed by atoms with E-state index >= 15 is 0 Å². The van der Waals surface area contributed by atoms with Gasteiger partial charge in [-0.05, 0) is 18.3 Å². The van der Waals surface area contributed by atoms with Gasteiger partial charge in [0.1, 0.15) is 0 Å². The second-order valence-corrected chi connectivity index (χ2v) is 2.78. The van der Waals surface area contributed by atoms with Crippen LogP contribution >= 0.6 is 12.2 Å². The molecule has 0 spiro atoms. The molecule has 0 aliphatic carbocycles. The molecule has 0 saturated heterocycles. The zero-order valence-corrected chi connectivity index (χ0v) is 7.84. The Hall–Kier alpha value is -1.16. The summed E-state index contributed by atoms with van der Waals surface area (Å²) in [6, 6.07) is 5.43. The summed E-state index contributed by atoms with van der Waals surface area (Å²) in [6.45, 7) is 0. The molecular weight excluding hydrogens is 172 g/mol. The Morgan fingerprint density at radius 2 is 2.25 bits per heavy atom. The number of rotatable bonds is 1. The maximum atomic E-state index is 5.22. The molecule has 1 aromatic rings. The van der Waals surface area contributed by atoms with Gasteiger partial charge < -0.3 is 9.64 Å². The SMILES string of the molecule is CN(C)C(=S)Oc1ccccn1. The number of pyridine rings is 1. The van der Waals surface area contributed by atoms with E-state index < -0.39 is 0 Å². The van der Waals surface area contributed by atoms with Crippen molar-refractivity contribution in [3.63, 3.8) is 0 Å². The molecule has 1 rings (SSSR count). The third kappa shape index (κ3) is 2.47. The van der Waals surface area contributed by atoms with Gasteiger partial charge in [-0.2, -0.15) is 0 Å². The number of thiocarbonyl (C=S) groups is 1. The largest absolute Gasteiger partial charge is 0.413 e. The monoisotopic (exact) mass is 182 g/mol. The van der Waals surface area contributed by atoms with Crippen molar-refractivity contribution in [3.8, 4) is 5.88 Å². The highest BCUT2D eigenvalue weighted by Gasteiger charge is 2.01. The van der Waals surface area contributed by atoms with Gasteiger partial charge in [0, 0.05) is 26.4 Å². The van der Waals surface area contributed by atoms with Gasteiger partial charge in [0.05, 0.1) is 0 Å². The molecule has 1 aromatic heterocycles. The average Bonchev–Trinajstić information content (AvgIpc) is 2.06. The van der Waals surface area contributed by atoms with Crippen LogP contribution in [0.15, 0.2) is 24.4 Å². The van der Waals surface area contributed by atoms with Crippen LogP contribution in [-0.2, 0) is 0 Å². The Bertz CT molecular complexity index is 261. The third-order valence-electron chi connectivity index (χ3n) is 1.19. The molecule has 4 heteroatoms. The molecule has 0 amide bonds. The summed E-state index contributed by atoms with van der Waals surface area (Å²) in [5.74, 6) is 0.524. The van der Waals surface area contributed by atoms with Crippen LogP contribution in [-0.4, -0.2) is 29.2 Å². The lowest BCUT2D eigenvalue weighted by Crippen LogP contribution is -2.25. The lowest BCUT2D eigenvalue weighted by atomic mass is 10.5. The zero-order valence-electron chi connectivity index (χ0n) is 7.02. The number of nitrogens with zero attached hydrogens (tertiary/aromatic N) is 2. The van der Waals surface area contributed by atoms with Crippen molar-refractivity contribution in [2.75, 3.05) is 14.1 Å². The molecular formula is C8H10N2OS. The lowest BCUT2D eigenvalue weighted by molar-refractivity contribution is 0.437. The first-order valence-corrected chi connectivity index (χ1v) is 3.91. The summed E-state index contributed by atoms with van der Waals surface area (Å²) in [4.78, 5) is 5.68. The molecule has 0 aliphatic rings. The van der Waals surface area contributed by atoms with E-state index in [9.17, 15) is 0 Å². The first-order valence-electron chi connectivity index (χ1n) is 3.50. The van der Waals surface area contributed by atoms with Gasteiger partial charge in [-0.1, -0.05) is 6.07 Å². The summed E-state index contributed by atoms with van der Waals surface area (Å²) in [5, 5.41) is 0.411. The van der Waals surface area contributed by atoms with Crippen LogP contribution in [0.25, 0.3) is 0 Å². The van der Waals surface area contributed by atoms with E-state index in [1.165, 1.54) is 0 Å².